The van der Waals surface area contributed by atoms with E-state index in [-0.39, 0.29) is 54.5 Å². The summed E-state index contributed by atoms with van der Waals surface area (Å²) in [5, 5.41) is 22.4. The summed E-state index contributed by atoms with van der Waals surface area (Å²) < 4.78 is 11.7. The molecule has 1 heterocycles. The predicted molar refractivity (Wildman–Crippen MR) is 181 cm³/mol. The molecule has 4 amide bonds. The number of likely N-dealkylation sites (N-methyl/N-ethyl adjacent to an activating group) is 1. The molecule has 1 aliphatic rings. The largest absolute Gasteiger partial charge is 0.386 e. The van der Waals surface area contributed by atoms with Crippen LogP contribution in [0.5, 0.6) is 0 Å². The van der Waals surface area contributed by atoms with Gasteiger partial charge in [-0.25, -0.2) is 0 Å². The third kappa shape index (κ3) is 11.3. The molecule has 12 nitrogen and oxygen atoms in total. The molecule has 5 N–H and O–H groups in total. The standard InChI is InChI=1S/C35H59N5O7/c1-10-22(4)31(39-28(41)20-37-35(45)30(36-7)21(2)3)27(46-8)19-29(42)40-18-14-17-26(40)33(47-9)23(5)34(44)38-24(6)32(43)25-15-12-11-13-16-25/h11-13,15-16,21-24,26-27,30-33,36,43H,10,14,17-20H2,1-9H3,(H,37,45)(H,38,44)(H,39,41). The molecule has 12 heteroatoms. The molecule has 1 aliphatic heterocycles. The molecular weight excluding hydrogens is 602 g/mol. The fourth-order valence-corrected chi connectivity index (χ4v) is 6.44. The lowest BCUT2D eigenvalue weighted by Crippen LogP contribution is -2.55. The van der Waals surface area contributed by atoms with Crippen molar-refractivity contribution < 1.29 is 33.8 Å². The van der Waals surface area contributed by atoms with Crippen molar-refractivity contribution in [2.24, 2.45) is 17.8 Å². The maximum Gasteiger partial charge on any atom is 0.239 e. The highest BCUT2D eigenvalue weighted by Crippen LogP contribution is 2.29. The molecule has 9 unspecified atom stereocenters. The number of amides is 4. The van der Waals surface area contributed by atoms with Gasteiger partial charge in [-0.05, 0) is 44.2 Å². The SMILES string of the molecule is CCC(C)C(NC(=O)CNC(=O)C(NC)C(C)C)C(CC(=O)N1CCCC1C(OC)C(C)C(=O)NC(C)C(O)c1ccccc1)OC. The lowest BCUT2D eigenvalue weighted by Gasteiger charge is -2.36. The van der Waals surface area contributed by atoms with E-state index in [9.17, 15) is 24.3 Å². The molecule has 1 aromatic rings. The molecular formula is C35H59N5O7. The third-order valence-electron chi connectivity index (χ3n) is 9.51. The van der Waals surface area contributed by atoms with Crippen LogP contribution in [0.15, 0.2) is 30.3 Å². The first-order chi connectivity index (χ1) is 22.3. The molecule has 1 aromatic carbocycles. The molecule has 0 aliphatic carbocycles. The van der Waals surface area contributed by atoms with Gasteiger partial charge in [-0.3, -0.25) is 19.2 Å². The number of nitrogens with zero attached hydrogens (tertiary/aromatic N) is 1. The number of methoxy groups -OCH3 is 2. The van der Waals surface area contributed by atoms with Crippen LogP contribution in [0, 0.1) is 17.8 Å². The van der Waals surface area contributed by atoms with Gasteiger partial charge < -0.3 is 40.7 Å². The van der Waals surface area contributed by atoms with Crippen LogP contribution in [-0.4, -0.2) is 104 Å². The zero-order valence-electron chi connectivity index (χ0n) is 29.7. The lowest BCUT2D eigenvalue weighted by molar-refractivity contribution is -0.143. The fourth-order valence-electron chi connectivity index (χ4n) is 6.44. The second kappa shape index (κ2) is 19.7. The minimum Gasteiger partial charge on any atom is -0.386 e. The lowest BCUT2D eigenvalue weighted by atomic mass is 9.91. The Labute approximate surface area is 281 Å². The van der Waals surface area contributed by atoms with Crippen LogP contribution in [0.3, 0.4) is 0 Å². The molecule has 0 radical (unpaired) electrons. The highest BCUT2D eigenvalue weighted by Gasteiger charge is 2.41. The summed E-state index contributed by atoms with van der Waals surface area (Å²) in [6.07, 6.45) is 0.163. The number of carbonyl (C=O) groups is 4. The second-order valence-electron chi connectivity index (χ2n) is 13.1. The van der Waals surface area contributed by atoms with Crippen LogP contribution in [-0.2, 0) is 28.7 Å². The van der Waals surface area contributed by atoms with Crippen LogP contribution < -0.4 is 21.3 Å². The fraction of sp³-hybridized carbons (Fsp3) is 0.714. The number of rotatable bonds is 19. The average molecular weight is 662 g/mol. The van der Waals surface area contributed by atoms with Crippen molar-refractivity contribution in [3.05, 3.63) is 35.9 Å². The Kier molecular flexibility index (Phi) is 16.8. The number of nitrogens with one attached hydrogen (secondary N) is 4. The van der Waals surface area contributed by atoms with Gasteiger partial charge in [0.2, 0.25) is 23.6 Å². The summed E-state index contributed by atoms with van der Waals surface area (Å²) in [4.78, 5) is 54.5. The van der Waals surface area contributed by atoms with Gasteiger partial charge >= 0.3 is 0 Å². The Hall–Kier alpha value is -3.06. The number of aliphatic hydroxyl groups excluding tert-OH is 1. The number of carbonyl (C=O) groups excluding carboxylic acids is 4. The molecule has 0 saturated carbocycles. The van der Waals surface area contributed by atoms with E-state index in [0.29, 0.717) is 18.5 Å². The Bertz CT molecular complexity index is 1140. The van der Waals surface area contributed by atoms with E-state index in [1.54, 1.807) is 32.9 Å². The van der Waals surface area contributed by atoms with Gasteiger partial charge in [-0.1, -0.05) is 71.4 Å². The van der Waals surface area contributed by atoms with Crippen molar-refractivity contribution in [2.45, 2.75) is 110 Å². The van der Waals surface area contributed by atoms with Crippen molar-refractivity contribution in [2.75, 3.05) is 34.4 Å². The summed E-state index contributed by atoms with van der Waals surface area (Å²) in [6.45, 7) is 11.7. The van der Waals surface area contributed by atoms with Crippen molar-refractivity contribution in [1.82, 2.24) is 26.2 Å². The molecule has 9 atom stereocenters. The molecule has 47 heavy (non-hydrogen) atoms. The topological polar surface area (TPSA) is 158 Å². The van der Waals surface area contributed by atoms with Gasteiger partial charge in [0.25, 0.3) is 0 Å². The highest BCUT2D eigenvalue weighted by molar-refractivity contribution is 5.87. The summed E-state index contributed by atoms with van der Waals surface area (Å²) >= 11 is 0. The molecule has 0 bridgehead atoms. The molecule has 1 fully saturated rings. The van der Waals surface area contributed by atoms with E-state index in [0.717, 1.165) is 12.8 Å². The van der Waals surface area contributed by atoms with E-state index in [1.165, 1.54) is 7.11 Å². The van der Waals surface area contributed by atoms with Crippen molar-refractivity contribution in [3.8, 4) is 0 Å². The maximum atomic E-state index is 13.8. The summed E-state index contributed by atoms with van der Waals surface area (Å²) in [5.41, 5.74) is 0.710. The molecule has 1 saturated heterocycles. The Balaban J connectivity index is 2.09. The van der Waals surface area contributed by atoms with Gasteiger partial charge in [-0.15, -0.1) is 0 Å². The quantitative estimate of drug-likeness (QED) is 0.151. The van der Waals surface area contributed by atoms with Crippen molar-refractivity contribution in [1.29, 1.82) is 0 Å². The number of aliphatic hydroxyl groups is 1. The van der Waals surface area contributed by atoms with Gasteiger partial charge in [0.15, 0.2) is 0 Å². The van der Waals surface area contributed by atoms with Crippen LogP contribution >= 0.6 is 0 Å². The first kappa shape index (κ1) is 40.1. The highest BCUT2D eigenvalue weighted by atomic mass is 16.5. The first-order valence-corrected chi connectivity index (χ1v) is 16.9. The van der Waals surface area contributed by atoms with E-state index in [1.807, 2.05) is 58.0 Å². The van der Waals surface area contributed by atoms with Gasteiger partial charge in [0.05, 0.1) is 61.4 Å². The first-order valence-electron chi connectivity index (χ1n) is 16.9. The average Bonchev–Trinajstić information content (AvgIpc) is 3.55. The number of ether oxygens (including phenoxy) is 2. The molecule has 0 aromatic heterocycles. The van der Waals surface area contributed by atoms with E-state index < -0.39 is 42.4 Å². The van der Waals surface area contributed by atoms with Crippen molar-refractivity contribution in [3.63, 3.8) is 0 Å². The molecule has 0 spiro atoms. The zero-order chi connectivity index (χ0) is 35.3. The minimum atomic E-state index is -0.871. The smallest absolute Gasteiger partial charge is 0.239 e. The monoisotopic (exact) mass is 661 g/mol. The number of benzene rings is 1. The van der Waals surface area contributed by atoms with Crippen LogP contribution in [0.2, 0.25) is 0 Å². The van der Waals surface area contributed by atoms with Crippen molar-refractivity contribution >= 4 is 23.6 Å². The van der Waals surface area contributed by atoms with E-state index in [4.69, 9.17) is 9.47 Å². The minimum absolute atomic E-state index is 0.00818. The number of hydrogen-bond acceptors (Lipinski definition) is 8. The maximum absolute atomic E-state index is 13.8. The molecule has 2 rings (SSSR count). The Morgan fingerprint density at radius 3 is 2.19 bits per heavy atom. The van der Waals surface area contributed by atoms with Gasteiger partial charge in [0, 0.05) is 20.8 Å². The number of likely N-dealkylation sites (tertiary alicyclic amines) is 1. The van der Waals surface area contributed by atoms with E-state index in [2.05, 4.69) is 21.3 Å². The van der Waals surface area contributed by atoms with Gasteiger partial charge in [-0.2, -0.15) is 0 Å². The second-order valence-corrected chi connectivity index (χ2v) is 13.1. The van der Waals surface area contributed by atoms with Crippen LogP contribution in [0.25, 0.3) is 0 Å². The third-order valence-corrected chi connectivity index (χ3v) is 9.51. The summed E-state index contributed by atoms with van der Waals surface area (Å²) in [7, 11) is 4.78. The predicted octanol–water partition coefficient (Wildman–Crippen LogP) is 2.16. The normalized spacial score (nSPS) is 20.0. The van der Waals surface area contributed by atoms with Crippen LogP contribution in [0.1, 0.15) is 78.9 Å². The summed E-state index contributed by atoms with van der Waals surface area (Å²) in [6, 6.07) is 7.42. The van der Waals surface area contributed by atoms with Crippen LogP contribution in [0.4, 0.5) is 0 Å². The van der Waals surface area contributed by atoms with Gasteiger partial charge in [0.1, 0.15) is 0 Å². The molecule has 266 valence electrons. The zero-order valence-corrected chi connectivity index (χ0v) is 29.7. The summed E-state index contributed by atoms with van der Waals surface area (Å²) in [5.74, 6) is -1.58. The Morgan fingerprint density at radius 1 is 0.979 bits per heavy atom. The van der Waals surface area contributed by atoms with E-state index >= 15 is 0 Å². The Morgan fingerprint density at radius 2 is 1.64 bits per heavy atom. The number of hydrogen-bond donors (Lipinski definition) is 5.